The fraction of sp³-hybridized carbons (Fsp3) is 0.269. The summed E-state index contributed by atoms with van der Waals surface area (Å²) in [6, 6.07) is 27.9. The second-order valence-electron chi connectivity index (χ2n) is 7.71. The van der Waals surface area contributed by atoms with Crippen LogP contribution in [0, 0.1) is 0 Å². The Balaban J connectivity index is 1.63. The van der Waals surface area contributed by atoms with Crippen molar-refractivity contribution in [3.8, 4) is 0 Å². The van der Waals surface area contributed by atoms with Gasteiger partial charge in [0.1, 0.15) is 6.61 Å². The summed E-state index contributed by atoms with van der Waals surface area (Å²) in [4.78, 5) is 17.6. The van der Waals surface area contributed by atoms with Crippen LogP contribution in [-0.2, 0) is 43.1 Å². The van der Waals surface area contributed by atoms with Gasteiger partial charge in [-0.1, -0.05) is 91.0 Å². The van der Waals surface area contributed by atoms with E-state index in [9.17, 15) is 14.5 Å². The monoisotopic (exact) mass is 483 g/mol. The van der Waals surface area contributed by atoms with E-state index in [1.54, 1.807) is 0 Å². The van der Waals surface area contributed by atoms with Crippen LogP contribution in [0.25, 0.3) is 0 Å². The molecular weight excluding hydrogens is 453 g/mol. The van der Waals surface area contributed by atoms with Gasteiger partial charge in [-0.2, -0.15) is 0 Å². The quantitative estimate of drug-likeness (QED) is 0.262. The molecule has 0 aliphatic heterocycles. The molecule has 1 atom stereocenters. The second-order valence-corrected chi connectivity index (χ2v) is 9.90. The van der Waals surface area contributed by atoms with Gasteiger partial charge in [-0.05, 0) is 16.7 Å². The van der Waals surface area contributed by atoms with Gasteiger partial charge in [-0.25, -0.2) is 5.06 Å². The molecule has 0 aromatic heterocycles. The van der Waals surface area contributed by atoms with Crippen molar-refractivity contribution in [2.45, 2.75) is 39.0 Å². The number of carbonyl (C=O) groups is 1. The van der Waals surface area contributed by atoms with Gasteiger partial charge in [0.2, 0.25) is 5.91 Å². The van der Waals surface area contributed by atoms with Crippen LogP contribution in [0.3, 0.4) is 0 Å². The molecule has 0 fully saturated rings. The van der Waals surface area contributed by atoms with Gasteiger partial charge >= 0.3 is 7.60 Å². The highest BCUT2D eigenvalue weighted by Crippen LogP contribution is 2.54. The Labute approximate surface area is 200 Å². The molecule has 3 rings (SSSR count). The van der Waals surface area contributed by atoms with Crippen LogP contribution < -0.4 is 0 Å². The first-order chi connectivity index (χ1) is 16.5. The summed E-state index contributed by atoms with van der Waals surface area (Å²) < 4.78 is 24.9. The Morgan fingerprint density at radius 1 is 0.794 bits per heavy atom. The number of aliphatic hydroxyl groups is 1. The molecule has 3 aromatic carbocycles. The molecule has 0 heterocycles. The third-order valence-corrected chi connectivity index (χ3v) is 7.01. The first-order valence-corrected chi connectivity index (χ1v) is 12.7. The highest BCUT2D eigenvalue weighted by molar-refractivity contribution is 7.54. The average molecular weight is 484 g/mol. The Morgan fingerprint density at radius 3 is 1.62 bits per heavy atom. The zero-order valence-corrected chi connectivity index (χ0v) is 20.1. The number of hydrogen-bond acceptors (Lipinski definition) is 6. The number of amides is 1. The molecule has 0 radical (unpaired) electrons. The number of aliphatic hydroxyl groups excluding tert-OH is 1. The predicted molar refractivity (Wildman–Crippen MR) is 129 cm³/mol. The smallest absolute Gasteiger partial charge is 0.359 e. The molecule has 34 heavy (non-hydrogen) atoms. The normalized spacial score (nSPS) is 12.3. The number of hydrogen-bond donors (Lipinski definition) is 1. The van der Waals surface area contributed by atoms with E-state index in [0.29, 0.717) is 0 Å². The highest BCUT2D eigenvalue weighted by atomic mass is 31.2. The van der Waals surface area contributed by atoms with E-state index in [0.717, 1.165) is 21.8 Å². The maximum absolute atomic E-state index is 13.6. The number of nitrogens with zero attached hydrogens (tertiary/aromatic N) is 1. The Kier molecular flexibility index (Phi) is 10.0. The molecule has 1 amide bonds. The van der Waals surface area contributed by atoms with Crippen molar-refractivity contribution < 1.29 is 28.4 Å². The summed E-state index contributed by atoms with van der Waals surface area (Å²) in [6.07, 6.45) is -0.0464. The van der Waals surface area contributed by atoms with Crippen LogP contribution in [0.4, 0.5) is 0 Å². The van der Waals surface area contributed by atoms with E-state index >= 15 is 0 Å². The van der Waals surface area contributed by atoms with Gasteiger partial charge in [0, 0.05) is 13.3 Å². The van der Waals surface area contributed by atoms with E-state index < -0.39 is 13.4 Å². The van der Waals surface area contributed by atoms with Crippen molar-refractivity contribution in [1.29, 1.82) is 0 Å². The van der Waals surface area contributed by atoms with E-state index in [-0.39, 0.29) is 38.7 Å². The third-order valence-electron chi connectivity index (χ3n) is 5.04. The zero-order valence-electron chi connectivity index (χ0n) is 19.2. The number of hydroxylamine groups is 2. The van der Waals surface area contributed by atoms with Gasteiger partial charge < -0.3 is 14.2 Å². The Hall–Kier alpha value is -2.80. The zero-order chi connectivity index (χ0) is 24.2. The topological polar surface area (TPSA) is 85.3 Å². The minimum Gasteiger partial charge on any atom is -0.380 e. The SMILES string of the molecule is CC(=O)N(CCC(O)P(=O)(OCc1ccccc1)OCc1ccccc1)OCc1ccccc1. The van der Waals surface area contributed by atoms with Gasteiger partial charge in [0.25, 0.3) is 0 Å². The van der Waals surface area contributed by atoms with Gasteiger partial charge in [-0.3, -0.25) is 14.2 Å². The molecule has 0 aliphatic rings. The molecule has 180 valence electrons. The van der Waals surface area contributed by atoms with Crippen molar-refractivity contribution in [1.82, 2.24) is 5.06 Å². The molecule has 1 unspecified atom stereocenters. The third kappa shape index (κ3) is 8.20. The summed E-state index contributed by atoms with van der Waals surface area (Å²) >= 11 is 0. The molecular formula is C26H30NO6P. The lowest BCUT2D eigenvalue weighted by Crippen LogP contribution is -2.32. The van der Waals surface area contributed by atoms with Crippen LogP contribution >= 0.6 is 7.60 Å². The molecule has 0 saturated carbocycles. The predicted octanol–water partition coefficient (Wildman–Crippen LogP) is 5.30. The number of carbonyl (C=O) groups excluding carboxylic acids is 1. The van der Waals surface area contributed by atoms with Crippen molar-refractivity contribution in [2.75, 3.05) is 6.54 Å². The number of rotatable bonds is 13. The van der Waals surface area contributed by atoms with E-state index in [1.807, 2.05) is 91.0 Å². The molecule has 1 N–H and O–H groups in total. The van der Waals surface area contributed by atoms with E-state index in [4.69, 9.17) is 13.9 Å². The average Bonchev–Trinajstić information content (AvgIpc) is 2.87. The Morgan fingerprint density at radius 2 is 1.21 bits per heavy atom. The van der Waals surface area contributed by atoms with Crippen molar-refractivity contribution in [2.24, 2.45) is 0 Å². The lowest BCUT2D eigenvalue weighted by Gasteiger charge is -2.26. The number of benzene rings is 3. The standard InChI is InChI=1S/C26H30NO6P/c1-22(28)27(31-19-23-11-5-2-6-12-23)18-17-26(29)34(30,32-20-24-13-7-3-8-14-24)33-21-25-15-9-4-10-16-25/h2-16,26,29H,17-21H2,1H3. The first kappa shape index (κ1) is 25.8. The summed E-state index contributed by atoms with van der Waals surface area (Å²) in [5.74, 6) is -1.77. The maximum atomic E-state index is 13.6. The molecule has 0 spiro atoms. The summed E-state index contributed by atoms with van der Waals surface area (Å²) in [7, 11) is -3.94. The first-order valence-electron chi connectivity index (χ1n) is 11.1. The molecule has 8 heteroatoms. The lowest BCUT2D eigenvalue weighted by molar-refractivity contribution is -0.190. The van der Waals surface area contributed by atoms with Crippen LogP contribution in [0.1, 0.15) is 30.0 Å². The van der Waals surface area contributed by atoms with Gasteiger partial charge in [-0.15, -0.1) is 0 Å². The van der Waals surface area contributed by atoms with Crippen LogP contribution in [-0.4, -0.2) is 28.5 Å². The van der Waals surface area contributed by atoms with Gasteiger partial charge in [0.15, 0.2) is 5.85 Å². The minimum absolute atomic E-state index is 0.0187. The molecule has 3 aromatic rings. The second kappa shape index (κ2) is 13.2. The van der Waals surface area contributed by atoms with Crippen molar-refractivity contribution in [3.05, 3.63) is 108 Å². The maximum Gasteiger partial charge on any atom is 0.359 e. The minimum atomic E-state index is -3.94. The van der Waals surface area contributed by atoms with Crippen molar-refractivity contribution in [3.63, 3.8) is 0 Å². The fourth-order valence-corrected chi connectivity index (χ4v) is 4.63. The van der Waals surface area contributed by atoms with E-state index in [1.165, 1.54) is 6.92 Å². The molecule has 0 aliphatic carbocycles. The van der Waals surface area contributed by atoms with Crippen molar-refractivity contribution >= 4 is 13.5 Å². The van der Waals surface area contributed by atoms with Crippen LogP contribution in [0.2, 0.25) is 0 Å². The summed E-state index contributed by atoms with van der Waals surface area (Å²) in [6.45, 7) is 1.63. The van der Waals surface area contributed by atoms with E-state index in [2.05, 4.69) is 0 Å². The van der Waals surface area contributed by atoms with Crippen LogP contribution in [0.5, 0.6) is 0 Å². The largest absolute Gasteiger partial charge is 0.380 e. The van der Waals surface area contributed by atoms with Gasteiger partial charge in [0.05, 0.1) is 19.8 Å². The lowest BCUT2D eigenvalue weighted by atomic mass is 10.2. The highest BCUT2D eigenvalue weighted by Gasteiger charge is 2.35. The fourth-order valence-electron chi connectivity index (χ4n) is 3.12. The summed E-state index contributed by atoms with van der Waals surface area (Å²) in [5, 5.41) is 12.0. The molecule has 7 nitrogen and oxygen atoms in total. The molecule has 0 bridgehead atoms. The Bertz CT molecular complexity index is 1000. The van der Waals surface area contributed by atoms with Crippen LogP contribution in [0.15, 0.2) is 91.0 Å². The molecule has 0 saturated heterocycles. The summed E-state index contributed by atoms with van der Waals surface area (Å²) in [5.41, 5.74) is 2.50.